The quantitative estimate of drug-likeness (QED) is 0.447. The van der Waals surface area contributed by atoms with Crippen molar-refractivity contribution >= 4 is 34.6 Å². The SMILES string of the molecule is COCC(=O)Nc1ccc(N2C(=S)N[C@H](c3ccccn3)[C@H]2c2cccn2C2CCCCC2)cc1. The van der Waals surface area contributed by atoms with Gasteiger partial charge < -0.3 is 24.8 Å². The predicted molar refractivity (Wildman–Crippen MR) is 141 cm³/mol. The molecular formula is C27H31N5O2S. The highest BCUT2D eigenvalue weighted by Gasteiger charge is 2.42. The highest BCUT2D eigenvalue weighted by atomic mass is 32.1. The number of ether oxygens (including phenoxy) is 1. The van der Waals surface area contributed by atoms with Crippen LogP contribution in [0.4, 0.5) is 11.4 Å². The summed E-state index contributed by atoms with van der Waals surface area (Å²) in [7, 11) is 1.51. The highest BCUT2D eigenvalue weighted by Crippen LogP contribution is 2.43. The van der Waals surface area contributed by atoms with Crippen molar-refractivity contribution in [2.75, 3.05) is 23.9 Å². The number of thiocarbonyl (C=S) groups is 1. The fraction of sp³-hybridized carbons (Fsp3) is 0.370. The van der Waals surface area contributed by atoms with E-state index in [2.05, 4.69) is 49.5 Å². The third-order valence-electron chi connectivity index (χ3n) is 6.89. The summed E-state index contributed by atoms with van der Waals surface area (Å²) in [6.45, 7) is 0.0217. The number of methoxy groups -OCH3 is 1. The van der Waals surface area contributed by atoms with Gasteiger partial charge in [-0.05, 0) is 73.6 Å². The molecule has 182 valence electrons. The molecular weight excluding hydrogens is 458 g/mol. The van der Waals surface area contributed by atoms with E-state index < -0.39 is 0 Å². The maximum Gasteiger partial charge on any atom is 0.250 e. The molecule has 2 N–H and O–H groups in total. The van der Waals surface area contributed by atoms with Gasteiger partial charge in [0.2, 0.25) is 5.91 Å². The first-order valence-corrected chi connectivity index (χ1v) is 12.6. The number of amides is 1. The monoisotopic (exact) mass is 489 g/mol. The molecule has 1 aliphatic carbocycles. The van der Waals surface area contributed by atoms with E-state index in [0.29, 0.717) is 11.2 Å². The Morgan fingerprint density at radius 1 is 1.11 bits per heavy atom. The van der Waals surface area contributed by atoms with Crippen LogP contribution in [0.3, 0.4) is 0 Å². The number of hydrogen-bond donors (Lipinski definition) is 2. The van der Waals surface area contributed by atoms with Crippen LogP contribution in [0.2, 0.25) is 0 Å². The number of nitrogens with one attached hydrogen (secondary N) is 2. The molecule has 0 spiro atoms. The lowest BCUT2D eigenvalue weighted by atomic mass is 9.94. The lowest BCUT2D eigenvalue weighted by Gasteiger charge is -2.32. The van der Waals surface area contributed by atoms with Crippen LogP contribution in [-0.4, -0.2) is 34.3 Å². The zero-order chi connectivity index (χ0) is 24.2. The summed E-state index contributed by atoms with van der Waals surface area (Å²) in [6.07, 6.45) is 10.3. The summed E-state index contributed by atoms with van der Waals surface area (Å²) in [6, 6.07) is 18.5. The molecule has 8 heteroatoms. The molecule has 1 aromatic carbocycles. The first-order chi connectivity index (χ1) is 17.2. The van der Waals surface area contributed by atoms with E-state index in [1.807, 2.05) is 42.6 Å². The summed E-state index contributed by atoms with van der Waals surface area (Å²) in [5.41, 5.74) is 3.88. The lowest BCUT2D eigenvalue weighted by Crippen LogP contribution is -2.31. The standard InChI is InChI=1S/C27H31N5O2S/c1-34-18-24(33)29-19-12-14-21(15-13-19)32-26(25(30-27(32)35)22-10-5-6-16-28-22)23-11-7-17-31(23)20-8-3-2-4-9-20/h5-7,10-17,20,25-26H,2-4,8-9,18H2,1H3,(H,29,33)(H,30,35)/t25-,26-/m1/s1. The molecule has 1 saturated heterocycles. The molecule has 7 nitrogen and oxygen atoms in total. The van der Waals surface area contributed by atoms with Crippen LogP contribution in [-0.2, 0) is 9.53 Å². The molecule has 35 heavy (non-hydrogen) atoms. The number of hydrogen-bond acceptors (Lipinski definition) is 4. The third kappa shape index (κ3) is 4.94. The van der Waals surface area contributed by atoms with Crippen LogP contribution in [0, 0.1) is 0 Å². The normalized spacial score (nSPS) is 20.6. The number of nitrogens with zero attached hydrogens (tertiary/aromatic N) is 3. The number of benzene rings is 1. The van der Waals surface area contributed by atoms with Crippen molar-refractivity contribution < 1.29 is 9.53 Å². The van der Waals surface area contributed by atoms with Crippen LogP contribution >= 0.6 is 12.2 Å². The number of anilines is 2. The fourth-order valence-electron chi connectivity index (χ4n) is 5.32. The van der Waals surface area contributed by atoms with E-state index >= 15 is 0 Å². The van der Waals surface area contributed by atoms with Gasteiger partial charge in [-0.15, -0.1) is 0 Å². The molecule has 1 aliphatic heterocycles. The van der Waals surface area contributed by atoms with Gasteiger partial charge in [0.1, 0.15) is 12.6 Å². The van der Waals surface area contributed by atoms with Crippen molar-refractivity contribution in [2.24, 2.45) is 0 Å². The molecule has 2 atom stereocenters. The molecule has 2 aromatic heterocycles. The molecule has 0 radical (unpaired) electrons. The summed E-state index contributed by atoms with van der Waals surface area (Å²) in [5.74, 6) is -0.183. The lowest BCUT2D eigenvalue weighted by molar-refractivity contribution is -0.119. The molecule has 2 aliphatic rings. The van der Waals surface area contributed by atoms with Gasteiger partial charge >= 0.3 is 0 Å². The van der Waals surface area contributed by atoms with E-state index in [1.54, 1.807) is 0 Å². The summed E-state index contributed by atoms with van der Waals surface area (Å²) < 4.78 is 7.37. The molecule has 1 saturated carbocycles. The molecule has 0 unspecified atom stereocenters. The summed E-state index contributed by atoms with van der Waals surface area (Å²) in [4.78, 5) is 18.8. The molecule has 5 rings (SSSR count). The van der Waals surface area contributed by atoms with Gasteiger partial charge in [-0.1, -0.05) is 25.3 Å². The van der Waals surface area contributed by atoms with Crippen LogP contribution in [0.5, 0.6) is 0 Å². The summed E-state index contributed by atoms with van der Waals surface area (Å²) in [5, 5.41) is 7.06. The van der Waals surface area contributed by atoms with Gasteiger partial charge in [-0.2, -0.15) is 0 Å². The van der Waals surface area contributed by atoms with Crippen molar-refractivity contribution in [1.82, 2.24) is 14.9 Å². The van der Waals surface area contributed by atoms with Crippen LogP contribution in [0.15, 0.2) is 67.0 Å². The first kappa shape index (κ1) is 23.5. The Hall–Kier alpha value is -3.23. The average Bonchev–Trinajstić information content (AvgIpc) is 3.50. The van der Waals surface area contributed by atoms with Crippen molar-refractivity contribution in [3.8, 4) is 0 Å². The predicted octanol–water partition coefficient (Wildman–Crippen LogP) is 5.15. The molecule has 3 aromatic rings. The second kappa shape index (κ2) is 10.6. The van der Waals surface area contributed by atoms with Gasteiger partial charge in [0.05, 0.1) is 11.7 Å². The van der Waals surface area contributed by atoms with E-state index in [4.69, 9.17) is 17.0 Å². The first-order valence-electron chi connectivity index (χ1n) is 12.2. The average molecular weight is 490 g/mol. The number of rotatable bonds is 7. The smallest absolute Gasteiger partial charge is 0.250 e. The van der Waals surface area contributed by atoms with Crippen LogP contribution in [0.1, 0.15) is 61.6 Å². The summed E-state index contributed by atoms with van der Waals surface area (Å²) >= 11 is 5.88. The fourth-order valence-corrected chi connectivity index (χ4v) is 5.66. The minimum atomic E-state index is -0.183. The Labute approximate surface area is 211 Å². The topological polar surface area (TPSA) is 71.4 Å². The zero-order valence-corrected chi connectivity index (χ0v) is 20.7. The molecule has 0 bridgehead atoms. The van der Waals surface area contributed by atoms with Crippen LogP contribution in [0.25, 0.3) is 0 Å². The van der Waals surface area contributed by atoms with Crippen LogP contribution < -0.4 is 15.5 Å². The Morgan fingerprint density at radius 3 is 2.63 bits per heavy atom. The Bertz CT molecular complexity index is 1160. The number of carbonyl (C=O) groups is 1. The minimum absolute atomic E-state index is 0.0217. The highest BCUT2D eigenvalue weighted by molar-refractivity contribution is 7.80. The molecule has 3 heterocycles. The van der Waals surface area contributed by atoms with E-state index in [0.717, 1.165) is 17.1 Å². The van der Waals surface area contributed by atoms with Gasteiger partial charge in [-0.3, -0.25) is 9.78 Å². The van der Waals surface area contributed by atoms with Crippen molar-refractivity contribution in [3.63, 3.8) is 0 Å². The van der Waals surface area contributed by atoms with Crippen molar-refractivity contribution in [1.29, 1.82) is 0 Å². The van der Waals surface area contributed by atoms with Gasteiger partial charge in [0, 0.05) is 42.6 Å². The van der Waals surface area contributed by atoms with E-state index in [9.17, 15) is 4.79 Å². The Kier molecular flexibility index (Phi) is 7.11. The van der Waals surface area contributed by atoms with Gasteiger partial charge in [0.25, 0.3) is 0 Å². The molecule has 1 amide bonds. The van der Waals surface area contributed by atoms with E-state index in [1.165, 1.54) is 44.9 Å². The zero-order valence-electron chi connectivity index (χ0n) is 19.9. The second-order valence-electron chi connectivity index (χ2n) is 9.16. The largest absolute Gasteiger partial charge is 0.375 e. The third-order valence-corrected chi connectivity index (χ3v) is 7.20. The Balaban J connectivity index is 1.51. The minimum Gasteiger partial charge on any atom is -0.375 e. The maximum absolute atomic E-state index is 11.9. The number of aromatic nitrogens is 2. The molecule has 2 fully saturated rings. The number of pyridine rings is 1. The van der Waals surface area contributed by atoms with Gasteiger partial charge in [-0.25, -0.2) is 0 Å². The van der Waals surface area contributed by atoms with Crippen molar-refractivity contribution in [2.45, 2.75) is 50.2 Å². The Morgan fingerprint density at radius 2 is 1.91 bits per heavy atom. The second-order valence-corrected chi connectivity index (χ2v) is 9.54. The number of carbonyl (C=O) groups excluding carboxylic acids is 1. The van der Waals surface area contributed by atoms with Gasteiger partial charge in [0.15, 0.2) is 5.11 Å². The maximum atomic E-state index is 11.9. The van der Waals surface area contributed by atoms with Crippen molar-refractivity contribution in [3.05, 3.63) is 78.4 Å². The van der Waals surface area contributed by atoms with E-state index in [-0.39, 0.29) is 24.6 Å².